The molecule has 0 unspecified atom stereocenters. The van der Waals surface area contributed by atoms with Gasteiger partial charge in [0.05, 0.1) is 0 Å². The number of fused-ring (bicyclic) bond motifs is 1. The van der Waals surface area contributed by atoms with Crippen molar-refractivity contribution in [3.63, 3.8) is 0 Å². The van der Waals surface area contributed by atoms with Gasteiger partial charge in [-0.1, -0.05) is 48.0 Å². The van der Waals surface area contributed by atoms with Crippen molar-refractivity contribution in [3.05, 3.63) is 110 Å². The summed E-state index contributed by atoms with van der Waals surface area (Å²) in [5, 5.41) is 2.60. The van der Waals surface area contributed by atoms with E-state index in [1.54, 1.807) is 24.6 Å². The molecule has 1 aromatic heterocycles. The second-order valence-corrected chi connectivity index (χ2v) is 10.6. The summed E-state index contributed by atoms with van der Waals surface area (Å²) in [6, 6.07) is 17.5. The number of hydrogen-bond acceptors (Lipinski definition) is 3. The molecule has 1 N–H and O–H groups in total. The normalized spacial score (nSPS) is 11.9. The molecule has 0 aliphatic heterocycles. The number of pyridine rings is 1. The number of hydrogen-bond donors (Lipinski definition) is 1. The Bertz CT molecular complexity index is 1610. The van der Waals surface area contributed by atoms with Crippen LogP contribution in [0.3, 0.4) is 0 Å². The Morgan fingerprint density at radius 2 is 1.57 bits per heavy atom. The summed E-state index contributed by atoms with van der Waals surface area (Å²) in [6.45, 7) is 8.00. The van der Waals surface area contributed by atoms with Crippen LogP contribution in [0.15, 0.2) is 77.1 Å². The zero-order valence-electron chi connectivity index (χ0n) is 20.7. The van der Waals surface area contributed by atoms with Gasteiger partial charge in [0, 0.05) is 35.3 Å². The number of anilines is 1. The smallest absolute Gasteiger partial charge is 0.258 e. The Hall–Kier alpha value is -3.64. The van der Waals surface area contributed by atoms with Gasteiger partial charge in [0.25, 0.3) is 15.6 Å². The Morgan fingerprint density at radius 1 is 0.914 bits per heavy atom. The molecule has 1 heterocycles. The zero-order valence-corrected chi connectivity index (χ0v) is 21.5. The summed E-state index contributed by atoms with van der Waals surface area (Å²) in [5.74, 6) is 0. The van der Waals surface area contributed by atoms with Crippen LogP contribution in [0.1, 0.15) is 34.7 Å². The van der Waals surface area contributed by atoms with Crippen LogP contribution in [0.2, 0.25) is 0 Å². The van der Waals surface area contributed by atoms with E-state index in [4.69, 9.17) is 0 Å². The highest BCUT2D eigenvalue weighted by Gasteiger charge is 2.16. The minimum Gasteiger partial charge on any atom is -0.317 e. The molecule has 0 radical (unpaired) electrons. The number of nitrogens with one attached hydrogen (secondary N) is 1. The summed E-state index contributed by atoms with van der Waals surface area (Å²) < 4.78 is 29.1. The van der Waals surface area contributed by atoms with E-state index in [0.29, 0.717) is 17.5 Å². The lowest BCUT2D eigenvalue weighted by atomic mass is 9.89. The Balaban J connectivity index is 1.97. The monoisotopic (exact) mass is 486 g/mol. The van der Waals surface area contributed by atoms with E-state index in [2.05, 4.69) is 37.6 Å². The van der Waals surface area contributed by atoms with Crippen molar-refractivity contribution in [3.8, 4) is 11.1 Å². The maximum absolute atomic E-state index is 12.8. The standard InChI is InChI=1S/C29H30N2O3S/c1-6-13-35(33,34)30-23-12-11-22(16-26-20(3)14-19(2)15-21(26)4)27(17-23)28-18-31(5)29(32)25-10-8-7-9-24(25)28/h6-15,17-18,30H,16H2,1-5H3/b13-6+. The first-order chi connectivity index (χ1) is 16.6. The van der Waals surface area contributed by atoms with Gasteiger partial charge in [0.15, 0.2) is 0 Å². The van der Waals surface area contributed by atoms with Crippen LogP contribution < -0.4 is 10.3 Å². The van der Waals surface area contributed by atoms with Gasteiger partial charge in [-0.3, -0.25) is 9.52 Å². The molecule has 0 aliphatic rings. The summed E-state index contributed by atoms with van der Waals surface area (Å²) in [6.07, 6.45) is 4.01. The van der Waals surface area contributed by atoms with Crippen LogP contribution in [-0.2, 0) is 23.5 Å². The molecule has 4 rings (SSSR count). The quantitative estimate of drug-likeness (QED) is 0.364. The van der Waals surface area contributed by atoms with Gasteiger partial charge >= 0.3 is 0 Å². The van der Waals surface area contributed by atoms with E-state index in [1.807, 2.05) is 42.6 Å². The predicted molar refractivity (Wildman–Crippen MR) is 145 cm³/mol. The molecule has 0 saturated heterocycles. The van der Waals surface area contributed by atoms with Crippen molar-refractivity contribution in [2.45, 2.75) is 34.1 Å². The van der Waals surface area contributed by atoms with E-state index >= 15 is 0 Å². The largest absolute Gasteiger partial charge is 0.317 e. The van der Waals surface area contributed by atoms with Crippen LogP contribution >= 0.6 is 0 Å². The first kappa shape index (κ1) is 24.5. The Kier molecular flexibility index (Phi) is 6.68. The molecule has 0 amide bonds. The van der Waals surface area contributed by atoms with Crippen molar-refractivity contribution in [1.29, 1.82) is 0 Å². The van der Waals surface area contributed by atoms with Crippen molar-refractivity contribution >= 4 is 26.5 Å². The fourth-order valence-electron chi connectivity index (χ4n) is 4.73. The molecule has 180 valence electrons. The minimum atomic E-state index is -3.62. The van der Waals surface area contributed by atoms with Crippen molar-refractivity contribution in [2.75, 3.05) is 4.72 Å². The predicted octanol–water partition coefficient (Wildman–Crippen LogP) is 6.00. The van der Waals surface area contributed by atoms with Crippen LogP contribution in [0.4, 0.5) is 5.69 Å². The van der Waals surface area contributed by atoms with Gasteiger partial charge in [0.1, 0.15) is 0 Å². The maximum Gasteiger partial charge on any atom is 0.258 e. The highest BCUT2D eigenvalue weighted by Crippen LogP contribution is 2.34. The SMILES string of the molecule is C/C=C/S(=O)(=O)Nc1ccc(Cc2c(C)cc(C)cc2C)c(-c2cn(C)c(=O)c3ccccc23)c1. The van der Waals surface area contributed by atoms with E-state index in [0.717, 1.165) is 27.5 Å². The molecule has 0 saturated carbocycles. The molecule has 4 aromatic rings. The fourth-order valence-corrected chi connectivity index (χ4v) is 5.61. The van der Waals surface area contributed by atoms with Crippen LogP contribution in [0.5, 0.6) is 0 Å². The molecule has 6 heteroatoms. The molecular weight excluding hydrogens is 456 g/mol. The lowest BCUT2D eigenvalue weighted by Gasteiger charge is -2.18. The van der Waals surface area contributed by atoms with Gasteiger partial charge in [-0.15, -0.1) is 0 Å². The number of aryl methyl sites for hydroxylation is 4. The van der Waals surface area contributed by atoms with Crippen LogP contribution in [0, 0.1) is 20.8 Å². The number of rotatable bonds is 6. The van der Waals surface area contributed by atoms with Crippen LogP contribution in [0.25, 0.3) is 21.9 Å². The number of allylic oxidation sites excluding steroid dienone is 1. The third kappa shape index (κ3) is 5.08. The van der Waals surface area contributed by atoms with E-state index in [9.17, 15) is 13.2 Å². The Labute approximate surface area is 206 Å². The highest BCUT2D eigenvalue weighted by atomic mass is 32.2. The first-order valence-electron chi connectivity index (χ1n) is 11.5. The average molecular weight is 487 g/mol. The third-order valence-electron chi connectivity index (χ3n) is 6.27. The summed E-state index contributed by atoms with van der Waals surface area (Å²) in [4.78, 5) is 12.8. The fraction of sp³-hybridized carbons (Fsp3) is 0.207. The van der Waals surface area contributed by atoms with Crippen molar-refractivity contribution in [2.24, 2.45) is 7.05 Å². The zero-order chi connectivity index (χ0) is 25.3. The molecule has 0 atom stereocenters. The van der Waals surface area contributed by atoms with Crippen molar-refractivity contribution < 1.29 is 8.42 Å². The molecule has 0 aliphatic carbocycles. The topological polar surface area (TPSA) is 68.2 Å². The van der Waals surface area contributed by atoms with Gasteiger partial charge in [-0.25, -0.2) is 8.42 Å². The number of aromatic nitrogens is 1. The average Bonchev–Trinajstić information content (AvgIpc) is 2.79. The first-order valence-corrected chi connectivity index (χ1v) is 13.1. The highest BCUT2D eigenvalue weighted by molar-refractivity contribution is 7.95. The molecule has 0 fully saturated rings. The van der Waals surface area contributed by atoms with E-state index in [-0.39, 0.29) is 5.56 Å². The lowest BCUT2D eigenvalue weighted by molar-refractivity contribution is 0.609. The number of benzene rings is 3. The summed E-state index contributed by atoms with van der Waals surface area (Å²) in [7, 11) is -1.88. The second kappa shape index (κ2) is 9.55. The molecule has 0 bridgehead atoms. The third-order valence-corrected chi connectivity index (χ3v) is 7.42. The Morgan fingerprint density at radius 3 is 2.23 bits per heavy atom. The number of sulfonamides is 1. The van der Waals surface area contributed by atoms with Gasteiger partial charge in [-0.2, -0.15) is 0 Å². The molecule has 5 nitrogen and oxygen atoms in total. The summed E-state index contributed by atoms with van der Waals surface area (Å²) >= 11 is 0. The second-order valence-electron chi connectivity index (χ2n) is 9.05. The number of nitrogens with zero attached hydrogens (tertiary/aromatic N) is 1. The van der Waals surface area contributed by atoms with E-state index < -0.39 is 10.0 Å². The van der Waals surface area contributed by atoms with Gasteiger partial charge in [0.2, 0.25) is 0 Å². The van der Waals surface area contributed by atoms with Crippen molar-refractivity contribution in [1.82, 2.24) is 4.57 Å². The van der Waals surface area contributed by atoms with Gasteiger partial charge < -0.3 is 4.57 Å². The molecule has 0 spiro atoms. The molecule has 3 aromatic carbocycles. The summed E-state index contributed by atoms with van der Waals surface area (Å²) in [5.41, 5.74) is 8.13. The lowest BCUT2D eigenvalue weighted by Crippen LogP contribution is -2.16. The van der Waals surface area contributed by atoms with Gasteiger partial charge in [-0.05, 0) is 85.5 Å². The van der Waals surface area contributed by atoms with E-state index in [1.165, 1.54) is 28.3 Å². The minimum absolute atomic E-state index is 0.0685. The maximum atomic E-state index is 12.8. The molecular formula is C29H30N2O3S. The van der Waals surface area contributed by atoms with Crippen LogP contribution in [-0.4, -0.2) is 13.0 Å². The molecule has 35 heavy (non-hydrogen) atoms.